The molecule has 3 rings (SSSR count). The van der Waals surface area contributed by atoms with E-state index in [1.165, 1.54) is 0 Å². The molecule has 106 valence electrons. The molecule has 1 heterocycles. The standard InChI is InChI=1S/C17H14ClNO2/c18-10-16(21)13-9-14(11-5-2-1-3-6-11)19-17-12(13)7-4-8-15(17)20/h1-9,16,20-21H,10H2/t16-/m1/s1. The topological polar surface area (TPSA) is 53.4 Å². The first-order valence-electron chi connectivity index (χ1n) is 6.63. The number of para-hydroxylation sites is 1. The summed E-state index contributed by atoms with van der Waals surface area (Å²) in [5.41, 5.74) is 2.76. The van der Waals surface area contributed by atoms with E-state index in [1.54, 1.807) is 12.1 Å². The molecule has 2 N–H and O–H groups in total. The molecule has 21 heavy (non-hydrogen) atoms. The van der Waals surface area contributed by atoms with Crippen molar-refractivity contribution in [3.8, 4) is 17.0 Å². The van der Waals surface area contributed by atoms with Crippen LogP contribution in [0, 0.1) is 0 Å². The zero-order valence-corrected chi connectivity index (χ0v) is 12.0. The number of phenols is 1. The molecule has 1 atom stereocenters. The number of aliphatic hydroxyl groups excluding tert-OH is 1. The van der Waals surface area contributed by atoms with Crippen LogP contribution in [0.5, 0.6) is 5.75 Å². The van der Waals surface area contributed by atoms with Gasteiger partial charge in [-0.3, -0.25) is 0 Å². The summed E-state index contributed by atoms with van der Waals surface area (Å²) in [6.07, 6.45) is -0.804. The molecular formula is C17H14ClNO2. The highest BCUT2D eigenvalue weighted by molar-refractivity contribution is 6.18. The molecule has 0 amide bonds. The van der Waals surface area contributed by atoms with Crippen LogP contribution in [0.4, 0.5) is 0 Å². The molecule has 1 aromatic heterocycles. The first-order valence-corrected chi connectivity index (χ1v) is 7.16. The van der Waals surface area contributed by atoms with Gasteiger partial charge in [-0.1, -0.05) is 42.5 Å². The predicted octanol–water partition coefficient (Wildman–Crippen LogP) is 3.88. The lowest BCUT2D eigenvalue weighted by molar-refractivity contribution is 0.204. The smallest absolute Gasteiger partial charge is 0.141 e. The number of alkyl halides is 1. The number of hydrogen-bond donors (Lipinski definition) is 2. The van der Waals surface area contributed by atoms with Gasteiger partial charge in [-0.25, -0.2) is 4.98 Å². The van der Waals surface area contributed by atoms with Gasteiger partial charge < -0.3 is 10.2 Å². The highest BCUT2D eigenvalue weighted by Crippen LogP contribution is 2.32. The third-order valence-corrected chi connectivity index (χ3v) is 3.72. The van der Waals surface area contributed by atoms with Crippen molar-refractivity contribution in [1.82, 2.24) is 4.98 Å². The Hall–Kier alpha value is -2.10. The van der Waals surface area contributed by atoms with Crippen molar-refractivity contribution >= 4 is 22.5 Å². The first kappa shape index (κ1) is 13.9. The van der Waals surface area contributed by atoms with E-state index in [-0.39, 0.29) is 11.6 Å². The second-order valence-corrected chi connectivity index (χ2v) is 5.11. The molecule has 0 aliphatic carbocycles. The number of aromatic hydroxyl groups is 1. The summed E-state index contributed by atoms with van der Waals surface area (Å²) in [6.45, 7) is 0. The van der Waals surface area contributed by atoms with Gasteiger partial charge in [-0.05, 0) is 17.7 Å². The first-order chi connectivity index (χ1) is 10.2. The maximum Gasteiger partial charge on any atom is 0.141 e. The Bertz CT molecular complexity index is 774. The summed E-state index contributed by atoms with van der Waals surface area (Å²) in [5.74, 6) is 0.177. The highest BCUT2D eigenvalue weighted by atomic mass is 35.5. The van der Waals surface area contributed by atoms with Gasteiger partial charge in [0.25, 0.3) is 0 Å². The fourth-order valence-corrected chi connectivity index (χ4v) is 2.54. The quantitative estimate of drug-likeness (QED) is 0.722. The van der Waals surface area contributed by atoms with Crippen molar-refractivity contribution in [1.29, 1.82) is 0 Å². The minimum absolute atomic E-state index is 0.0863. The maximum absolute atomic E-state index is 10.1. The normalized spacial score (nSPS) is 12.5. The van der Waals surface area contributed by atoms with Gasteiger partial charge in [-0.2, -0.15) is 0 Å². The van der Waals surface area contributed by atoms with Crippen LogP contribution in [0.1, 0.15) is 11.7 Å². The molecule has 0 spiro atoms. The van der Waals surface area contributed by atoms with Crippen LogP contribution >= 0.6 is 11.6 Å². The van der Waals surface area contributed by atoms with Crippen LogP contribution in [-0.4, -0.2) is 21.1 Å². The van der Waals surface area contributed by atoms with E-state index in [1.807, 2.05) is 42.5 Å². The molecule has 0 aliphatic heterocycles. The molecule has 4 heteroatoms. The van der Waals surface area contributed by atoms with E-state index in [9.17, 15) is 10.2 Å². The van der Waals surface area contributed by atoms with Gasteiger partial charge in [0.2, 0.25) is 0 Å². The summed E-state index contributed by atoms with van der Waals surface area (Å²) in [4.78, 5) is 4.52. The number of aliphatic hydroxyl groups is 1. The summed E-state index contributed by atoms with van der Waals surface area (Å²) in [6, 6.07) is 16.6. The number of fused-ring (bicyclic) bond motifs is 1. The number of pyridine rings is 1. The fourth-order valence-electron chi connectivity index (χ4n) is 2.38. The van der Waals surface area contributed by atoms with Gasteiger partial charge in [-0.15, -0.1) is 11.6 Å². The van der Waals surface area contributed by atoms with Crippen molar-refractivity contribution in [2.24, 2.45) is 0 Å². The third kappa shape index (κ3) is 2.58. The number of phenolic OH excluding ortho intramolecular Hbond substituents is 1. The van der Waals surface area contributed by atoms with E-state index < -0.39 is 6.10 Å². The van der Waals surface area contributed by atoms with Crippen molar-refractivity contribution in [2.75, 3.05) is 5.88 Å². The van der Waals surface area contributed by atoms with Crippen LogP contribution in [0.3, 0.4) is 0 Å². The molecule has 3 nitrogen and oxygen atoms in total. The summed E-state index contributed by atoms with van der Waals surface area (Å²) in [5, 5.41) is 20.9. The molecule has 0 bridgehead atoms. The van der Waals surface area contributed by atoms with Gasteiger partial charge in [0.1, 0.15) is 11.3 Å². The monoisotopic (exact) mass is 299 g/mol. The third-order valence-electron chi connectivity index (χ3n) is 3.42. The lowest BCUT2D eigenvalue weighted by atomic mass is 10.0. The Labute approximate surface area is 127 Å². The molecule has 0 aliphatic rings. The number of hydrogen-bond acceptors (Lipinski definition) is 3. The second-order valence-electron chi connectivity index (χ2n) is 4.81. The zero-order valence-electron chi connectivity index (χ0n) is 11.2. The fraction of sp³-hybridized carbons (Fsp3) is 0.118. The van der Waals surface area contributed by atoms with Crippen LogP contribution < -0.4 is 0 Å². The molecule has 0 saturated heterocycles. The summed E-state index contributed by atoms with van der Waals surface area (Å²) < 4.78 is 0. The number of rotatable bonds is 3. The van der Waals surface area contributed by atoms with Gasteiger partial charge in [0.05, 0.1) is 17.7 Å². The minimum atomic E-state index is -0.804. The molecule has 0 unspecified atom stereocenters. The lowest BCUT2D eigenvalue weighted by Gasteiger charge is -2.14. The van der Waals surface area contributed by atoms with Crippen LogP contribution in [0.2, 0.25) is 0 Å². The van der Waals surface area contributed by atoms with E-state index in [2.05, 4.69) is 4.98 Å². The van der Waals surface area contributed by atoms with E-state index in [4.69, 9.17) is 11.6 Å². The summed E-state index contributed by atoms with van der Waals surface area (Å²) >= 11 is 5.79. The molecular weight excluding hydrogens is 286 g/mol. The van der Waals surface area contributed by atoms with Gasteiger partial charge >= 0.3 is 0 Å². The molecule has 2 aromatic carbocycles. The second kappa shape index (κ2) is 5.72. The average Bonchev–Trinajstić information content (AvgIpc) is 2.54. The maximum atomic E-state index is 10.1. The van der Waals surface area contributed by atoms with Gasteiger partial charge in [0, 0.05) is 10.9 Å². The van der Waals surface area contributed by atoms with Crippen molar-refractivity contribution < 1.29 is 10.2 Å². The molecule has 0 saturated carbocycles. The Morgan fingerprint density at radius 2 is 1.81 bits per heavy atom. The lowest BCUT2D eigenvalue weighted by Crippen LogP contribution is -2.01. The van der Waals surface area contributed by atoms with Gasteiger partial charge in [0.15, 0.2) is 0 Å². The van der Waals surface area contributed by atoms with E-state index in [0.29, 0.717) is 22.2 Å². The minimum Gasteiger partial charge on any atom is -0.506 e. The SMILES string of the molecule is Oc1cccc2c([C@H](O)CCl)cc(-c3ccccc3)nc12. The van der Waals surface area contributed by atoms with Crippen LogP contribution in [0.25, 0.3) is 22.2 Å². The highest BCUT2D eigenvalue weighted by Gasteiger charge is 2.15. The van der Waals surface area contributed by atoms with Crippen LogP contribution in [-0.2, 0) is 0 Å². The largest absolute Gasteiger partial charge is 0.506 e. The number of aromatic nitrogens is 1. The Morgan fingerprint density at radius 1 is 1.05 bits per heavy atom. The number of halogens is 1. The van der Waals surface area contributed by atoms with E-state index in [0.717, 1.165) is 5.56 Å². The Balaban J connectivity index is 2.31. The van der Waals surface area contributed by atoms with Crippen molar-refractivity contribution in [3.05, 3.63) is 60.2 Å². The van der Waals surface area contributed by atoms with Crippen molar-refractivity contribution in [2.45, 2.75) is 6.10 Å². The average molecular weight is 300 g/mol. The zero-order chi connectivity index (χ0) is 14.8. The molecule has 3 aromatic rings. The number of benzene rings is 2. The van der Waals surface area contributed by atoms with Crippen molar-refractivity contribution in [3.63, 3.8) is 0 Å². The number of nitrogens with zero attached hydrogens (tertiary/aromatic N) is 1. The van der Waals surface area contributed by atoms with Crippen LogP contribution in [0.15, 0.2) is 54.6 Å². The molecule has 0 radical (unpaired) electrons. The predicted molar refractivity (Wildman–Crippen MR) is 84.5 cm³/mol. The summed E-state index contributed by atoms with van der Waals surface area (Å²) in [7, 11) is 0. The molecule has 0 fully saturated rings. The Kier molecular flexibility index (Phi) is 3.78. The van der Waals surface area contributed by atoms with E-state index >= 15 is 0 Å². The Morgan fingerprint density at radius 3 is 2.52 bits per heavy atom.